The minimum Gasteiger partial charge on any atom is -0.481 e. The number of carbonyl (C=O) groups excluding carboxylic acids is 2. The number of likely N-dealkylation sites (tertiary alicyclic amines) is 1. The van der Waals surface area contributed by atoms with Gasteiger partial charge in [0, 0.05) is 37.4 Å². The highest BCUT2D eigenvalue weighted by atomic mass is 16.4. The average molecular weight is 359 g/mol. The van der Waals surface area contributed by atoms with Gasteiger partial charge in [-0.2, -0.15) is 0 Å². The molecule has 2 fully saturated rings. The summed E-state index contributed by atoms with van der Waals surface area (Å²) in [6, 6.07) is 7.18. The van der Waals surface area contributed by atoms with Crippen LogP contribution in [0.15, 0.2) is 24.3 Å². The molecule has 2 aliphatic rings. The highest BCUT2D eigenvalue weighted by Crippen LogP contribution is 2.38. The third-order valence-corrected chi connectivity index (χ3v) is 5.19. The molecule has 26 heavy (non-hydrogen) atoms. The van der Waals surface area contributed by atoms with Crippen molar-refractivity contribution < 1.29 is 19.5 Å². The summed E-state index contributed by atoms with van der Waals surface area (Å²) in [6.07, 6.45) is 2.31. The maximum atomic E-state index is 12.4. The van der Waals surface area contributed by atoms with Gasteiger partial charge in [-0.1, -0.05) is 6.92 Å². The van der Waals surface area contributed by atoms with Crippen LogP contribution in [0.25, 0.3) is 0 Å². The number of benzene rings is 1. The molecule has 1 aliphatic carbocycles. The van der Waals surface area contributed by atoms with Gasteiger partial charge in [0.2, 0.25) is 5.91 Å². The van der Waals surface area contributed by atoms with Gasteiger partial charge in [0.25, 0.3) is 0 Å². The van der Waals surface area contributed by atoms with Crippen LogP contribution in [0.3, 0.4) is 0 Å². The third-order valence-electron chi connectivity index (χ3n) is 5.19. The van der Waals surface area contributed by atoms with Crippen LogP contribution < -0.4 is 10.2 Å². The molecule has 7 heteroatoms. The zero-order valence-electron chi connectivity index (χ0n) is 15.1. The average Bonchev–Trinajstić information content (AvgIpc) is 3.32. The Morgan fingerprint density at radius 1 is 1.23 bits per heavy atom. The lowest BCUT2D eigenvalue weighted by atomic mass is 9.99. The lowest BCUT2D eigenvalue weighted by Crippen LogP contribution is -2.44. The fraction of sp³-hybridized carbons (Fsp3) is 0.526. The van der Waals surface area contributed by atoms with E-state index < -0.39 is 11.9 Å². The first-order valence-electron chi connectivity index (χ1n) is 9.05. The van der Waals surface area contributed by atoms with Gasteiger partial charge in [-0.15, -0.1) is 0 Å². The van der Waals surface area contributed by atoms with Gasteiger partial charge in [-0.25, -0.2) is 4.79 Å². The summed E-state index contributed by atoms with van der Waals surface area (Å²) in [6.45, 7) is 4.48. The maximum absolute atomic E-state index is 12.4. The van der Waals surface area contributed by atoms with E-state index in [9.17, 15) is 14.4 Å². The predicted molar refractivity (Wildman–Crippen MR) is 98.1 cm³/mol. The van der Waals surface area contributed by atoms with Crippen molar-refractivity contribution in [2.75, 3.05) is 23.3 Å². The van der Waals surface area contributed by atoms with Crippen LogP contribution in [0.5, 0.6) is 0 Å². The molecule has 3 rings (SSSR count). The Labute approximate surface area is 153 Å². The second-order valence-corrected chi connectivity index (χ2v) is 7.27. The zero-order valence-corrected chi connectivity index (χ0v) is 15.1. The molecule has 7 nitrogen and oxygen atoms in total. The van der Waals surface area contributed by atoms with E-state index >= 15 is 0 Å². The van der Waals surface area contributed by atoms with Gasteiger partial charge < -0.3 is 20.2 Å². The maximum Gasteiger partial charge on any atom is 0.321 e. The Morgan fingerprint density at radius 3 is 2.42 bits per heavy atom. The molecule has 1 aromatic carbocycles. The quantitative estimate of drug-likeness (QED) is 0.865. The van der Waals surface area contributed by atoms with Crippen LogP contribution >= 0.6 is 0 Å². The van der Waals surface area contributed by atoms with Gasteiger partial charge >= 0.3 is 12.0 Å². The highest BCUT2D eigenvalue weighted by molar-refractivity contribution is 5.94. The van der Waals surface area contributed by atoms with Crippen LogP contribution in [0.2, 0.25) is 0 Å². The summed E-state index contributed by atoms with van der Waals surface area (Å²) in [5.41, 5.74) is 1.46. The number of amides is 3. The van der Waals surface area contributed by atoms with Crippen LogP contribution in [0.4, 0.5) is 16.2 Å². The molecule has 1 aliphatic heterocycles. The van der Waals surface area contributed by atoms with Crippen molar-refractivity contribution in [2.24, 2.45) is 11.8 Å². The third kappa shape index (κ3) is 3.98. The molecule has 0 bridgehead atoms. The molecule has 140 valence electrons. The Bertz CT molecular complexity index is 703. The molecular formula is C19H25N3O4. The monoisotopic (exact) mass is 359 g/mol. The van der Waals surface area contributed by atoms with Crippen LogP contribution in [0.1, 0.15) is 33.1 Å². The number of anilines is 2. The highest BCUT2D eigenvalue weighted by Gasteiger charge is 2.40. The fourth-order valence-electron chi connectivity index (χ4n) is 3.54. The molecule has 1 heterocycles. The van der Waals surface area contributed by atoms with Crippen LogP contribution in [-0.2, 0) is 9.59 Å². The second kappa shape index (κ2) is 7.35. The lowest BCUT2D eigenvalue weighted by Gasteiger charge is -2.30. The first-order chi connectivity index (χ1) is 12.4. The minimum atomic E-state index is -0.856. The molecular weight excluding hydrogens is 334 g/mol. The molecule has 3 unspecified atom stereocenters. The SMILES string of the molecule is CC(=O)N(c1ccc(NC(=O)N2CCCC(C(=O)O)C2)cc1)C1CC1C. The van der Waals surface area contributed by atoms with Crippen molar-refractivity contribution in [3.8, 4) is 0 Å². The number of hydrogen-bond donors (Lipinski definition) is 2. The summed E-state index contributed by atoms with van der Waals surface area (Å²) in [7, 11) is 0. The summed E-state index contributed by atoms with van der Waals surface area (Å²) >= 11 is 0. The smallest absolute Gasteiger partial charge is 0.321 e. The number of hydrogen-bond acceptors (Lipinski definition) is 3. The Kier molecular flexibility index (Phi) is 5.15. The minimum absolute atomic E-state index is 0.0177. The van der Waals surface area contributed by atoms with Crippen molar-refractivity contribution in [3.05, 3.63) is 24.3 Å². The summed E-state index contributed by atoms with van der Waals surface area (Å²) in [5.74, 6) is -0.823. The van der Waals surface area contributed by atoms with Crippen molar-refractivity contribution in [1.82, 2.24) is 4.90 Å². The topological polar surface area (TPSA) is 90.0 Å². The van der Waals surface area contributed by atoms with Gasteiger partial charge in [-0.05, 0) is 49.4 Å². The van der Waals surface area contributed by atoms with Crippen LogP contribution in [-0.4, -0.2) is 47.0 Å². The van der Waals surface area contributed by atoms with Gasteiger partial charge in [0.1, 0.15) is 0 Å². The standard InChI is InChI=1S/C19H25N3O4/c1-12-10-17(12)22(13(2)23)16-7-5-15(6-8-16)20-19(26)21-9-3-4-14(11-21)18(24)25/h5-8,12,14,17H,3-4,9-11H2,1-2H3,(H,20,26)(H,24,25). The largest absolute Gasteiger partial charge is 0.481 e. The molecule has 0 aromatic heterocycles. The number of nitrogens with zero attached hydrogens (tertiary/aromatic N) is 2. The van der Waals surface area contributed by atoms with Gasteiger partial charge in [0.05, 0.1) is 5.92 Å². The first kappa shape index (κ1) is 18.2. The number of carbonyl (C=O) groups is 3. The van der Waals surface area contributed by atoms with E-state index in [1.54, 1.807) is 28.9 Å². The molecule has 1 saturated heterocycles. The zero-order chi connectivity index (χ0) is 18.8. The number of carboxylic acid groups (broad SMARTS) is 1. The Morgan fingerprint density at radius 2 is 1.88 bits per heavy atom. The molecule has 1 aromatic rings. The summed E-state index contributed by atoms with van der Waals surface area (Å²) in [4.78, 5) is 38.8. The first-order valence-corrected chi connectivity index (χ1v) is 9.05. The van der Waals surface area contributed by atoms with Crippen molar-refractivity contribution in [1.29, 1.82) is 0 Å². The lowest BCUT2D eigenvalue weighted by molar-refractivity contribution is -0.143. The Hall–Kier alpha value is -2.57. The number of piperidine rings is 1. The van der Waals surface area contributed by atoms with E-state index in [1.165, 1.54) is 0 Å². The molecule has 3 atom stereocenters. The number of rotatable bonds is 4. The van der Waals surface area contributed by atoms with E-state index in [0.717, 1.165) is 12.1 Å². The van der Waals surface area contributed by atoms with Crippen molar-refractivity contribution in [3.63, 3.8) is 0 Å². The number of aliphatic carboxylic acids is 1. The van der Waals surface area contributed by atoms with Crippen molar-refractivity contribution >= 4 is 29.3 Å². The summed E-state index contributed by atoms with van der Waals surface area (Å²) in [5, 5.41) is 11.9. The molecule has 2 N–H and O–H groups in total. The van der Waals surface area contributed by atoms with Gasteiger partial charge in [0.15, 0.2) is 0 Å². The van der Waals surface area contributed by atoms with E-state index in [2.05, 4.69) is 12.2 Å². The van der Waals surface area contributed by atoms with E-state index in [-0.39, 0.29) is 24.5 Å². The van der Waals surface area contributed by atoms with Crippen molar-refractivity contribution in [2.45, 2.75) is 39.2 Å². The second-order valence-electron chi connectivity index (χ2n) is 7.27. The number of nitrogens with one attached hydrogen (secondary N) is 1. The van der Waals surface area contributed by atoms with E-state index in [4.69, 9.17) is 5.11 Å². The molecule has 0 radical (unpaired) electrons. The normalized spacial score (nSPS) is 24.7. The van der Waals surface area contributed by atoms with Crippen LogP contribution in [0, 0.1) is 11.8 Å². The van der Waals surface area contributed by atoms with Gasteiger partial charge in [-0.3, -0.25) is 9.59 Å². The van der Waals surface area contributed by atoms with E-state index in [0.29, 0.717) is 31.0 Å². The summed E-state index contributed by atoms with van der Waals surface area (Å²) < 4.78 is 0. The predicted octanol–water partition coefficient (Wildman–Crippen LogP) is 2.78. The number of urea groups is 1. The fourth-order valence-corrected chi connectivity index (χ4v) is 3.54. The number of carboxylic acids is 1. The Balaban J connectivity index is 1.63. The molecule has 1 saturated carbocycles. The molecule has 0 spiro atoms. The van der Waals surface area contributed by atoms with E-state index in [1.807, 2.05) is 12.1 Å². The molecule has 3 amide bonds.